The molecule has 18 heavy (non-hydrogen) atoms. The minimum Gasteiger partial charge on any atom is -0.311 e. The summed E-state index contributed by atoms with van der Waals surface area (Å²) in [5, 5.41) is 4.03. The van der Waals surface area contributed by atoms with Gasteiger partial charge < -0.3 is 10.2 Å². The van der Waals surface area contributed by atoms with Gasteiger partial charge in [-0.2, -0.15) is 0 Å². The molecule has 3 aliphatic rings. The molecule has 1 heterocycles. The fourth-order valence-corrected chi connectivity index (χ4v) is 3.64. The Hall–Kier alpha value is -0.0800. The van der Waals surface area contributed by atoms with Crippen LogP contribution in [0.1, 0.15) is 52.4 Å². The summed E-state index contributed by atoms with van der Waals surface area (Å²) in [4.78, 5) is 2.66. The zero-order valence-electron chi connectivity index (χ0n) is 12.2. The van der Waals surface area contributed by atoms with Crippen LogP contribution in [-0.4, -0.2) is 36.6 Å². The summed E-state index contributed by atoms with van der Waals surface area (Å²) in [5.74, 6) is 2.91. The molecule has 104 valence electrons. The Kier molecular flexibility index (Phi) is 3.95. The van der Waals surface area contributed by atoms with Crippen LogP contribution >= 0.6 is 0 Å². The summed E-state index contributed by atoms with van der Waals surface area (Å²) in [6, 6.07) is 1.71. The molecule has 0 radical (unpaired) electrons. The van der Waals surface area contributed by atoms with Gasteiger partial charge in [-0.15, -0.1) is 0 Å². The number of hydrogen-bond acceptors (Lipinski definition) is 2. The Morgan fingerprint density at radius 3 is 1.94 bits per heavy atom. The molecule has 0 unspecified atom stereocenters. The van der Waals surface area contributed by atoms with Crippen molar-refractivity contribution in [3.05, 3.63) is 0 Å². The van der Waals surface area contributed by atoms with Crippen LogP contribution in [0.25, 0.3) is 0 Å². The Labute approximate surface area is 113 Å². The van der Waals surface area contributed by atoms with E-state index in [4.69, 9.17) is 0 Å². The minimum absolute atomic E-state index is 0.819. The molecule has 0 bridgehead atoms. The molecule has 1 saturated heterocycles. The number of likely N-dealkylation sites (tertiary alicyclic amines) is 1. The van der Waals surface area contributed by atoms with Gasteiger partial charge in [0.05, 0.1) is 0 Å². The molecule has 1 aliphatic heterocycles. The molecule has 3 rings (SSSR count). The van der Waals surface area contributed by atoms with E-state index in [1.165, 1.54) is 58.2 Å². The second kappa shape index (κ2) is 5.50. The van der Waals surface area contributed by atoms with Crippen LogP contribution in [0.5, 0.6) is 0 Å². The predicted octanol–water partition coefficient (Wildman–Crippen LogP) is 2.89. The fourth-order valence-electron chi connectivity index (χ4n) is 3.64. The van der Waals surface area contributed by atoms with Crippen molar-refractivity contribution in [3.8, 4) is 0 Å². The van der Waals surface area contributed by atoms with Crippen molar-refractivity contribution < 1.29 is 0 Å². The summed E-state index contributed by atoms with van der Waals surface area (Å²) in [7, 11) is 0. The van der Waals surface area contributed by atoms with E-state index in [0.717, 1.165) is 29.8 Å². The first-order valence-electron chi connectivity index (χ1n) is 8.21. The molecule has 1 N–H and O–H groups in total. The lowest BCUT2D eigenvalue weighted by atomic mass is 9.99. The molecule has 0 aromatic rings. The maximum atomic E-state index is 4.03. The summed E-state index contributed by atoms with van der Waals surface area (Å²) in [5.41, 5.74) is 0. The Morgan fingerprint density at radius 1 is 0.944 bits per heavy atom. The highest BCUT2D eigenvalue weighted by Gasteiger charge is 2.42. The van der Waals surface area contributed by atoms with Crippen molar-refractivity contribution in [2.24, 2.45) is 17.8 Å². The quantitative estimate of drug-likeness (QED) is 0.780. The number of hydrogen-bond donors (Lipinski definition) is 1. The van der Waals surface area contributed by atoms with Gasteiger partial charge in [0.2, 0.25) is 0 Å². The average molecular weight is 250 g/mol. The van der Waals surface area contributed by atoms with Gasteiger partial charge >= 0.3 is 0 Å². The van der Waals surface area contributed by atoms with Crippen molar-refractivity contribution in [1.82, 2.24) is 10.2 Å². The van der Waals surface area contributed by atoms with E-state index in [2.05, 4.69) is 24.1 Å². The second-order valence-corrected chi connectivity index (χ2v) is 7.34. The number of piperidine rings is 1. The zero-order chi connectivity index (χ0) is 12.5. The SMILES string of the molecule is CC(C)CN1CCC(NC(C2CC2)C2CC2)CC1. The van der Waals surface area contributed by atoms with Crippen LogP contribution in [0.2, 0.25) is 0 Å². The van der Waals surface area contributed by atoms with E-state index >= 15 is 0 Å². The summed E-state index contributed by atoms with van der Waals surface area (Å²) >= 11 is 0. The van der Waals surface area contributed by atoms with Crippen LogP contribution in [0.15, 0.2) is 0 Å². The second-order valence-electron chi connectivity index (χ2n) is 7.34. The van der Waals surface area contributed by atoms with Crippen molar-refractivity contribution >= 4 is 0 Å². The summed E-state index contributed by atoms with van der Waals surface area (Å²) in [6.07, 6.45) is 8.76. The maximum Gasteiger partial charge on any atom is 0.0126 e. The first kappa shape index (κ1) is 12.9. The van der Waals surface area contributed by atoms with Crippen LogP contribution < -0.4 is 5.32 Å². The van der Waals surface area contributed by atoms with E-state index < -0.39 is 0 Å². The summed E-state index contributed by atoms with van der Waals surface area (Å²) in [6.45, 7) is 8.60. The first-order chi connectivity index (χ1) is 8.72. The molecule has 2 saturated carbocycles. The number of rotatable bonds is 6. The zero-order valence-corrected chi connectivity index (χ0v) is 12.2. The van der Waals surface area contributed by atoms with E-state index in [9.17, 15) is 0 Å². The summed E-state index contributed by atoms with van der Waals surface area (Å²) < 4.78 is 0. The number of nitrogens with one attached hydrogen (secondary N) is 1. The van der Waals surface area contributed by atoms with E-state index in [0.29, 0.717) is 0 Å². The van der Waals surface area contributed by atoms with Crippen LogP contribution in [-0.2, 0) is 0 Å². The van der Waals surface area contributed by atoms with Crippen LogP contribution in [0.3, 0.4) is 0 Å². The maximum absolute atomic E-state index is 4.03. The van der Waals surface area contributed by atoms with E-state index in [1.54, 1.807) is 0 Å². The van der Waals surface area contributed by atoms with Gasteiger partial charge in [-0.05, 0) is 69.4 Å². The monoisotopic (exact) mass is 250 g/mol. The van der Waals surface area contributed by atoms with Crippen LogP contribution in [0.4, 0.5) is 0 Å². The molecule has 2 heteroatoms. The molecule has 0 aromatic heterocycles. The molecule has 0 atom stereocenters. The molecular weight excluding hydrogens is 220 g/mol. The smallest absolute Gasteiger partial charge is 0.0126 e. The minimum atomic E-state index is 0.819. The molecule has 2 aliphatic carbocycles. The third-order valence-corrected chi connectivity index (χ3v) is 4.90. The predicted molar refractivity (Wildman–Crippen MR) is 76.7 cm³/mol. The average Bonchev–Trinajstić information content (AvgIpc) is 3.20. The van der Waals surface area contributed by atoms with Gasteiger partial charge in [0.15, 0.2) is 0 Å². The standard InChI is InChI=1S/C16H30N2/c1-12(2)11-18-9-7-15(8-10-18)17-16(13-3-4-13)14-5-6-14/h12-17H,3-11H2,1-2H3. The molecular formula is C16H30N2. The van der Waals surface area contributed by atoms with Gasteiger partial charge in [-0.1, -0.05) is 13.8 Å². The lowest BCUT2D eigenvalue weighted by Gasteiger charge is -2.35. The molecule has 3 fully saturated rings. The molecule has 0 aromatic carbocycles. The van der Waals surface area contributed by atoms with Gasteiger partial charge in [0, 0.05) is 18.6 Å². The van der Waals surface area contributed by atoms with Gasteiger partial charge in [-0.25, -0.2) is 0 Å². The Morgan fingerprint density at radius 2 is 1.50 bits per heavy atom. The molecule has 0 spiro atoms. The normalized spacial score (nSPS) is 27.3. The van der Waals surface area contributed by atoms with E-state index in [1.807, 2.05) is 0 Å². The Bertz CT molecular complexity index is 248. The lowest BCUT2D eigenvalue weighted by Crippen LogP contribution is -2.48. The largest absolute Gasteiger partial charge is 0.311 e. The van der Waals surface area contributed by atoms with Gasteiger partial charge in [0.25, 0.3) is 0 Å². The highest BCUT2D eigenvalue weighted by molar-refractivity contribution is 4.98. The number of nitrogens with zero attached hydrogens (tertiary/aromatic N) is 1. The van der Waals surface area contributed by atoms with Gasteiger partial charge in [0.1, 0.15) is 0 Å². The van der Waals surface area contributed by atoms with Crippen molar-refractivity contribution in [2.45, 2.75) is 64.5 Å². The highest BCUT2D eigenvalue weighted by Crippen LogP contribution is 2.44. The fraction of sp³-hybridized carbons (Fsp3) is 1.00. The van der Waals surface area contributed by atoms with Crippen LogP contribution in [0, 0.1) is 17.8 Å². The van der Waals surface area contributed by atoms with Crippen molar-refractivity contribution in [2.75, 3.05) is 19.6 Å². The third kappa shape index (κ3) is 3.48. The van der Waals surface area contributed by atoms with Gasteiger partial charge in [-0.3, -0.25) is 0 Å². The molecule has 0 amide bonds. The molecule has 2 nitrogen and oxygen atoms in total. The Balaban J connectivity index is 1.41. The van der Waals surface area contributed by atoms with Crippen molar-refractivity contribution in [3.63, 3.8) is 0 Å². The highest BCUT2D eigenvalue weighted by atomic mass is 15.1. The van der Waals surface area contributed by atoms with E-state index in [-0.39, 0.29) is 0 Å². The third-order valence-electron chi connectivity index (χ3n) is 4.90. The first-order valence-corrected chi connectivity index (χ1v) is 8.21. The van der Waals surface area contributed by atoms with Crippen molar-refractivity contribution in [1.29, 1.82) is 0 Å². The lowest BCUT2D eigenvalue weighted by molar-refractivity contribution is 0.169. The topological polar surface area (TPSA) is 15.3 Å².